The quantitative estimate of drug-likeness (QED) is 0.878. The zero-order valence-electron chi connectivity index (χ0n) is 14.2. The lowest BCUT2D eigenvalue weighted by atomic mass is 9.90. The van der Waals surface area contributed by atoms with E-state index in [9.17, 15) is 9.18 Å². The molecular formula is C19H28ClFN2O. The van der Waals surface area contributed by atoms with Crippen molar-refractivity contribution in [2.45, 2.75) is 38.5 Å². The molecule has 0 saturated carbocycles. The molecule has 2 aliphatic rings. The lowest BCUT2D eigenvalue weighted by Crippen LogP contribution is -2.39. The molecule has 1 N–H and O–H groups in total. The topological polar surface area (TPSA) is 32.3 Å². The minimum atomic E-state index is -0.174. The standard InChI is InChI=1S/C19H27FN2O.ClH/c20-18-4-1-15(2-5-18)13-16-8-11-22(12-9-16)19(23)6-3-17-7-10-21-14-17;/h1-2,4-5,16-17,21H,3,6-14H2;1H. The van der Waals surface area contributed by atoms with Crippen LogP contribution in [0.2, 0.25) is 0 Å². The van der Waals surface area contributed by atoms with Crippen molar-refractivity contribution >= 4 is 18.3 Å². The second-order valence-electron chi connectivity index (χ2n) is 7.05. The summed E-state index contributed by atoms with van der Waals surface area (Å²) in [6.07, 6.45) is 6.07. The highest BCUT2D eigenvalue weighted by Crippen LogP contribution is 2.23. The molecule has 0 bridgehead atoms. The molecule has 0 spiro atoms. The maximum atomic E-state index is 12.9. The predicted molar refractivity (Wildman–Crippen MR) is 96.9 cm³/mol. The van der Waals surface area contributed by atoms with Gasteiger partial charge in [0.1, 0.15) is 5.82 Å². The third-order valence-corrected chi connectivity index (χ3v) is 5.33. The number of hydrogen-bond acceptors (Lipinski definition) is 2. The Morgan fingerprint density at radius 1 is 1.12 bits per heavy atom. The van der Waals surface area contributed by atoms with E-state index in [-0.39, 0.29) is 18.2 Å². The SMILES string of the molecule is Cl.O=C(CCC1CCNC1)N1CCC(Cc2ccc(F)cc2)CC1. The summed E-state index contributed by atoms with van der Waals surface area (Å²) < 4.78 is 12.9. The fourth-order valence-corrected chi connectivity index (χ4v) is 3.79. The molecule has 0 aromatic heterocycles. The first-order valence-electron chi connectivity index (χ1n) is 8.93. The third kappa shape index (κ3) is 5.45. The molecule has 0 radical (unpaired) electrons. The molecule has 1 aromatic carbocycles. The van der Waals surface area contributed by atoms with Crippen molar-refractivity contribution in [3.05, 3.63) is 35.6 Å². The van der Waals surface area contributed by atoms with Crippen molar-refractivity contribution in [3.63, 3.8) is 0 Å². The van der Waals surface area contributed by atoms with Gasteiger partial charge >= 0.3 is 0 Å². The Labute approximate surface area is 150 Å². The zero-order valence-corrected chi connectivity index (χ0v) is 15.0. The normalized spacial score (nSPS) is 21.5. The Bertz CT molecular complexity index is 509. The smallest absolute Gasteiger partial charge is 0.222 e. The van der Waals surface area contributed by atoms with Gasteiger partial charge in [-0.1, -0.05) is 12.1 Å². The van der Waals surface area contributed by atoms with Crippen LogP contribution in [-0.2, 0) is 11.2 Å². The Morgan fingerprint density at radius 2 is 1.83 bits per heavy atom. The average Bonchev–Trinajstić information content (AvgIpc) is 3.09. The lowest BCUT2D eigenvalue weighted by Gasteiger charge is -2.32. The van der Waals surface area contributed by atoms with Gasteiger partial charge in [0.2, 0.25) is 5.91 Å². The highest BCUT2D eigenvalue weighted by atomic mass is 35.5. The summed E-state index contributed by atoms with van der Waals surface area (Å²) >= 11 is 0. The number of hydrogen-bond donors (Lipinski definition) is 1. The molecule has 5 heteroatoms. The summed E-state index contributed by atoms with van der Waals surface area (Å²) in [4.78, 5) is 14.4. The van der Waals surface area contributed by atoms with Gasteiger partial charge in [0.05, 0.1) is 0 Å². The van der Waals surface area contributed by atoms with Crippen LogP contribution < -0.4 is 5.32 Å². The van der Waals surface area contributed by atoms with Crippen molar-refractivity contribution in [2.24, 2.45) is 11.8 Å². The summed E-state index contributed by atoms with van der Waals surface area (Å²) in [7, 11) is 0. The van der Waals surface area contributed by atoms with Gasteiger partial charge in [-0.2, -0.15) is 0 Å². The fourth-order valence-electron chi connectivity index (χ4n) is 3.79. The van der Waals surface area contributed by atoms with E-state index < -0.39 is 0 Å². The fraction of sp³-hybridized carbons (Fsp3) is 0.632. The van der Waals surface area contributed by atoms with Crippen molar-refractivity contribution in [3.8, 4) is 0 Å². The highest BCUT2D eigenvalue weighted by molar-refractivity contribution is 5.85. The first-order chi connectivity index (χ1) is 11.2. The van der Waals surface area contributed by atoms with E-state index >= 15 is 0 Å². The first kappa shape index (κ1) is 19.2. The number of piperidine rings is 1. The Morgan fingerprint density at radius 3 is 2.46 bits per heavy atom. The molecule has 2 heterocycles. The first-order valence-corrected chi connectivity index (χ1v) is 8.93. The van der Waals surface area contributed by atoms with Crippen LogP contribution in [0, 0.1) is 17.7 Å². The van der Waals surface area contributed by atoms with Gasteiger partial charge in [0.25, 0.3) is 0 Å². The monoisotopic (exact) mass is 354 g/mol. The van der Waals surface area contributed by atoms with E-state index in [1.807, 2.05) is 17.0 Å². The minimum Gasteiger partial charge on any atom is -0.343 e. The van der Waals surface area contributed by atoms with Gasteiger partial charge in [-0.05, 0) is 74.7 Å². The van der Waals surface area contributed by atoms with Crippen molar-refractivity contribution in [1.29, 1.82) is 0 Å². The van der Waals surface area contributed by atoms with Crippen LogP contribution in [-0.4, -0.2) is 37.0 Å². The van der Waals surface area contributed by atoms with Gasteiger partial charge in [-0.25, -0.2) is 4.39 Å². The summed E-state index contributed by atoms with van der Waals surface area (Å²) in [5.41, 5.74) is 1.20. The van der Waals surface area contributed by atoms with Crippen molar-refractivity contribution < 1.29 is 9.18 Å². The molecule has 134 valence electrons. The maximum absolute atomic E-state index is 12.9. The average molecular weight is 355 g/mol. The van der Waals surface area contributed by atoms with Gasteiger partial charge in [0, 0.05) is 19.5 Å². The molecule has 1 unspecified atom stereocenters. The Kier molecular flexibility index (Phi) is 7.50. The molecule has 3 rings (SSSR count). The van der Waals surface area contributed by atoms with Crippen LogP contribution in [0.15, 0.2) is 24.3 Å². The van der Waals surface area contributed by atoms with Crippen LogP contribution in [0.5, 0.6) is 0 Å². The van der Waals surface area contributed by atoms with E-state index in [0.717, 1.165) is 51.9 Å². The van der Waals surface area contributed by atoms with Gasteiger partial charge < -0.3 is 10.2 Å². The van der Waals surface area contributed by atoms with Crippen molar-refractivity contribution in [1.82, 2.24) is 10.2 Å². The van der Waals surface area contributed by atoms with E-state index in [1.165, 1.54) is 24.1 Å². The van der Waals surface area contributed by atoms with E-state index in [1.54, 1.807) is 0 Å². The van der Waals surface area contributed by atoms with E-state index in [4.69, 9.17) is 0 Å². The minimum absolute atomic E-state index is 0. The number of rotatable bonds is 5. The van der Waals surface area contributed by atoms with Crippen LogP contribution in [0.1, 0.15) is 37.7 Å². The molecule has 1 aromatic rings. The number of halogens is 2. The second kappa shape index (κ2) is 9.38. The maximum Gasteiger partial charge on any atom is 0.222 e. The predicted octanol–water partition coefficient (Wildman–Crippen LogP) is 3.42. The number of nitrogens with one attached hydrogen (secondary N) is 1. The van der Waals surface area contributed by atoms with E-state index in [2.05, 4.69) is 5.32 Å². The number of nitrogens with zero attached hydrogens (tertiary/aromatic N) is 1. The highest BCUT2D eigenvalue weighted by Gasteiger charge is 2.24. The van der Waals surface area contributed by atoms with E-state index in [0.29, 0.717) is 24.2 Å². The molecule has 2 saturated heterocycles. The number of carbonyl (C=O) groups is 1. The molecule has 3 nitrogen and oxygen atoms in total. The molecule has 2 aliphatic heterocycles. The summed E-state index contributed by atoms with van der Waals surface area (Å²) in [6.45, 7) is 3.95. The number of likely N-dealkylation sites (tertiary alicyclic amines) is 1. The second-order valence-corrected chi connectivity index (χ2v) is 7.05. The largest absolute Gasteiger partial charge is 0.343 e. The molecule has 1 amide bonds. The third-order valence-electron chi connectivity index (χ3n) is 5.33. The van der Waals surface area contributed by atoms with Crippen molar-refractivity contribution in [2.75, 3.05) is 26.2 Å². The molecule has 1 atom stereocenters. The van der Waals surface area contributed by atoms with Crippen LogP contribution >= 0.6 is 12.4 Å². The molecule has 2 fully saturated rings. The number of amides is 1. The van der Waals surface area contributed by atoms with Gasteiger partial charge in [-0.3, -0.25) is 4.79 Å². The Hall–Kier alpha value is -1.13. The summed E-state index contributed by atoms with van der Waals surface area (Å²) in [5, 5.41) is 3.36. The summed E-state index contributed by atoms with van der Waals surface area (Å²) in [5.74, 6) is 1.46. The van der Waals surface area contributed by atoms with Crippen LogP contribution in [0.3, 0.4) is 0 Å². The number of carbonyl (C=O) groups excluding carboxylic acids is 1. The lowest BCUT2D eigenvalue weighted by molar-refractivity contribution is -0.132. The molecular weight excluding hydrogens is 327 g/mol. The Balaban J connectivity index is 0.00000208. The van der Waals surface area contributed by atoms with Crippen LogP contribution in [0.25, 0.3) is 0 Å². The molecule has 24 heavy (non-hydrogen) atoms. The number of benzene rings is 1. The molecule has 0 aliphatic carbocycles. The van der Waals surface area contributed by atoms with Crippen LogP contribution in [0.4, 0.5) is 4.39 Å². The summed E-state index contributed by atoms with van der Waals surface area (Å²) in [6, 6.07) is 6.82. The van der Waals surface area contributed by atoms with Gasteiger partial charge in [0.15, 0.2) is 0 Å². The zero-order chi connectivity index (χ0) is 16.1. The van der Waals surface area contributed by atoms with Gasteiger partial charge in [-0.15, -0.1) is 12.4 Å².